The lowest BCUT2D eigenvalue weighted by Gasteiger charge is -2.13. The van der Waals surface area contributed by atoms with E-state index in [0.29, 0.717) is 12.1 Å². The fraction of sp³-hybridized carbons (Fsp3) is 0.167. The van der Waals surface area contributed by atoms with Crippen molar-refractivity contribution in [1.82, 2.24) is 9.97 Å². The smallest absolute Gasteiger partial charge is 0.228 e. The van der Waals surface area contributed by atoms with Crippen LogP contribution in [0.25, 0.3) is 10.9 Å². The summed E-state index contributed by atoms with van der Waals surface area (Å²) in [5.74, 6) is 0.688. The van der Waals surface area contributed by atoms with E-state index in [1.165, 1.54) is 11.1 Å². The third-order valence-electron chi connectivity index (χ3n) is 5.07. The molecule has 2 aromatic heterocycles. The first-order valence-electron chi connectivity index (χ1n) is 9.80. The number of aryl methyl sites for hydroxylation is 2. The second-order valence-corrected chi connectivity index (χ2v) is 7.10. The van der Waals surface area contributed by atoms with Gasteiger partial charge in [-0.05, 0) is 48.2 Å². The van der Waals surface area contributed by atoms with Crippen LogP contribution in [0.1, 0.15) is 23.6 Å². The molecule has 0 aliphatic carbocycles. The number of pyridine rings is 1. The van der Waals surface area contributed by atoms with Crippen LogP contribution >= 0.6 is 0 Å². The molecule has 1 amide bonds. The van der Waals surface area contributed by atoms with E-state index in [1.807, 2.05) is 42.6 Å². The Balaban J connectivity index is 1.42. The van der Waals surface area contributed by atoms with Crippen molar-refractivity contribution < 1.29 is 4.79 Å². The van der Waals surface area contributed by atoms with Gasteiger partial charge in [-0.2, -0.15) is 0 Å². The number of nitrogens with one attached hydrogen (secondary N) is 3. The van der Waals surface area contributed by atoms with Gasteiger partial charge in [0.1, 0.15) is 5.82 Å². The van der Waals surface area contributed by atoms with Gasteiger partial charge in [-0.3, -0.25) is 4.79 Å². The standard InChI is InChI=1S/C24H24N4O/c1-3-17-8-6-7-16(2)24(17)28-22-12-11-19(15-26-22)27-23(29)13-18-14-25-21-10-5-4-9-20(18)21/h4-12,14-15,25H,3,13H2,1-2H3,(H,26,28)(H,27,29). The number of aromatic nitrogens is 2. The molecular weight excluding hydrogens is 360 g/mol. The zero-order chi connectivity index (χ0) is 20.2. The average molecular weight is 384 g/mol. The highest BCUT2D eigenvalue weighted by Crippen LogP contribution is 2.25. The molecule has 3 N–H and O–H groups in total. The Morgan fingerprint density at radius 3 is 2.69 bits per heavy atom. The van der Waals surface area contributed by atoms with Gasteiger partial charge in [0.25, 0.3) is 0 Å². The third kappa shape index (κ3) is 4.14. The first-order valence-corrected chi connectivity index (χ1v) is 9.80. The van der Waals surface area contributed by atoms with Crippen molar-refractivity contribution in [3.63, 3.8) is 0 Å². The second-order valence-electron chi connectivity index (χ2n) is 7.10. The highest BCUT2D eigenvalue weighted by Gasteiger charge is 2.10. The Labute approximate surface area is 170 Å². The van der Waals surface area contributed by atoms with Crippen molar-refractivity contribution in [1.29, 1.82) is 0 Å². The number of fused-ring (bicyclic) bond motifs is 1. The first-order chi connectivity index (χ1) is 14.1. The summed E-state index contributed by atoms with van der Waals surface area (Å²) < 4.78 is 0. The third-order valence-corrected chi connectivity index (χ3v) is 5.07. The number of hydrogen-bond donors (Lipinski definition) is 3. The summed E-state index contributed by atoms with van der Waals surface area (Å²) in [4.78, 5) is 20.1. The second kappa shape index (κ2) is 8.19. The van der Waals surface area contributed by atoms with Crippen molar-refractivity contribution in [2.24, 2.45) is 0 Å². The number of amides is 1. The number of para-hydroxylation sites is 2. The molecule has 0 saturated heterocycles. The number of benzene rings is 2. The summed E-state index contributed by atoms with van der Waals surface area (Å²) in [7, 11) is 0. The molecular formula is C24H24N4O. The van der Waals surface area contributed by atoms with Crippen LogP contribution in [0.15, 0.2) is 67.0 Å². The molecule has 5 nitrogen and oxygen atoms in total. The van der Waals surface area contributed by atoms with Crippen molar-refractivity contribution >= 4 is 34.0 Å². The molecule has 0 bridgehead atoms. The summed E-state index contributed by atoms with van der Waals surface area (Å²) >= 11 is 0. The molecule has 0 radical (unpaired) electrons. The molecule has 0 fully saturated rings. The van der Waals surface area contributed by atoms with E-state index in [1.54, 1.807) is 6.20 Å². The predicted octanol–water partition coefficient (Wildman–Crippen LogP) is 5.36. The van der Waals surface area contributed by atoms with Crippen molar-refractivity contribution in [2.45, 2.75) is 26.7 Å². The van der Waals surface area contributed by atoms with Crippen LogP contribution in [0.3, 0.4) is 0 Å². The Morgan fingerprint density at radius 1 is 1.03 bits per heavy atom. The number of H-pyrrole nitrogens is 1. The lowest BCUT2D eigenvalue weighted by molar-refractivity contribution is -0.115. The van der Waals surface area contributed by atoms with E-state index in [0.717, 1.165) is 34.4 Å². The lowest BCUT2D eigenvalue weighted by atomic mass is 10.1. The molecule has 0 aliphatic rings. The number of hydrogen-bond acceptors (Lipinski definition) is 3. The van der Waals surface area contributed by atoms with E-state index in [9.17, 15) is 4.79 Å². The summed E-state index contributed by atoms with van der Waals surface area (Å²) in [6.07, 6.45) is 4.83. The normalized spacial score (nSPS) is 10.8. The molecule has 2 aromatic carbocycles. The van der Waals surface area contributed by atoms with Crippen LogP contribution in [-0.4, -0.2) is 15.9 Å². The molecule has 2 heterocycles. The Kier molecular flexibility index (Phi) is 5.29. The van der Waals surface area contributed by atoms with Gasteiger partial charge in [-0.1, -0.05) is 43.3 Å². The minimum Gasteiger partial charge on any atom is -0.361 e. The van der Waals surface area contributed by atoms with Gasteiger partial charge in [-0.15, -0.1) is 0 Å². The van der Waals surface area contributed by atoms with Crippen LogP contribution in [0.5, 0.6) is 0 Å². The zero-order valence-corrected chi connectivity index (χ0v) is 16.6. The molecule has 0 saturated carbocycles. The number of rotatable bonds is 6. The number of carbonyl (C=O) groups is 1. The van der Waals surface area contributed by atoms with Crippen LogP contribution in [0.2, 0.25) is 0 Å². The Morgan fingerprint density at radius 2 is 1.90 bits per heavy atom. The number of aromatic amines is 1. The van der Waals surface area contributed by atoms with Crippen LogP contribution in [0.4, 0.5) is 17.2 Å². The van der Waals surface area contributed by atoms with Crippen LogP contribution in [0, 0.1) is 6.92 Å². The van der Waals surface area contributed by atoms with Crippen LogP contribution in [-0.2, 0) is 17.6 Å². The molecule has 4 rings (SSSR count). The molecule has 29 heavy (non-hydrogen) atoms. The summed E-state index contributed by atoms with van der Waals surface area (Å²) in [6, 6.07) is 18.0. The topological polar surface area (TPSA) is 69.8 Å². The van der Waals surface area contributed by atoms with Gasteiger partial charge in [0.05, 0.1) is 18.3 Å². The highest BCUT2D eigenvalue weighted by atomic mass is 16.1. The molecule has 4 aromatic rings. The van der Waals surface area contributed by atoms with Gasteiger partial charge in [0, 0.05) is 22.8 Å². The first kappa shape index (κ1) is 18.7. The molecule has 0 unspecified atom stereocenters. The van der Waals surface area contributed by atoms with Gasteiger partial charge >= 0.3 is 0 Å². The predicted molar refractivity (Wildman–Crippen MR) is 119 cm³/mol. The highest BCUT2D eigenvalue weighted by molar-refractivity contribution is 5.95. The van der Waals surface area contributed by atoms with Crippen LogP contribution < -0.4 is 10.6 Å². The summed E-state index contributed by atoms with van der Waals surface area (Å²) in [5, 5.41) is 7.40. The largest absolute Gasteiger partial charge is 0.361 e. The van der Waals surface area contributed by atoms with E-state index in [4.69, 9.17) is 0 Å². The fourth-order valence-electron chi connectivity index (χ4n) is 3.53. The number of nitrogens with zero attached hydrogens (tertiary/aromatic N) is 1. The summed E-state index contributed by atoms with van der Waals surface area (Å²) in [6.45, 7) is 4.22. The molecule has 0 atom stereocenters. The monoisotopic (exact) mass is 384 g/mol. The maximum absolute atomic E-state index is 12.5. The average Bonchev–Trinajstić information content (AvgIpc) is 3.13. The summed E-state index contributed by atoms with van der Waals surface area (Å²) in [5.41, 5.74) is 6.23. The zero-order valence-electron chi connectivity index (χ0n) is 16.6. The molecule has 146 valence electrons. The molecule has 0 aliphatic heterocycles. The maximum Gasteiger partial charge on any atom is 0.228 e. The van der Waals surface area contributed by atoms with Gasteiger partial charge in [0.2, 0.25) is 5.91 Å². The quantitative estimate of drug-likeness (QED) is 0.419. The number of anilines is 3. The van der Waals surface area contributed by atoms with Gasteiger partial charge in [0.15, 0.2) is 0 Å². The Hall–Kier alpha value is -3.60. The van der Waals surface area contributed by atoms with E-state index in [2.05, 4.69) is 52.6 Å². The minimum absolute atomic E-state index is 0.0653. The molecule has 0 spiro atoms. The number of carbonyl (C=O) groups excluding carboxylic acids is 1. The van der Waals surface area contributed by atoms with Gasteiger partial charge < -0.3 is 15.6 Å². The van der Waals surface area contributed by atoms with Crippen molar-refractivity contribution in [3.8, 4) is 0 Å². The van der Waals surface area contributed by atoms with Crippen molar-refractivity contribution in [2.75, 3.05) is 10.6 Å². The minimum atomic E-state index is -0.0653. The Bertz CT molecular complexity index is 1150. The van der Waals surface area contributed by atoms with Crippen molar-refractivity contribution in [3.05, 3.63) is 83.7 Å². The van der Waals surface area contributed by atoms with E-state index >= 15 is 0 Å². The van der Waals surface area contributed by atoms with E-state index < -0.39 is 0 Å². The van der Waals surface area contributed by atoms with E-state index in [-0.39, 0.29) is 5.91 Å². The lowest BCUT2D eigenvalue weighted by Crippen LogP contribution is -2.14. The SMILES string of the molecule is CCc1cccc(C)c1Nc1ccc(NC(=O)Cc2c[nH]c3ccccc23)cn1. The van der Waals surface area contributed by atoms with Gasteiger partial charge in [-0.25, -0.2) is 4.98 Å². The fourth-order valence-corrected chi connectivity index (χ4v) is 3.53. The maximum atomic E-state index is 12.5. The molecule has 5 heteroatoms.